The first-order valence-corrected chi connectivity index (χ1v) is 4.54. The van der Waals surface area contributed by atoms with Crippen molar-refractivity contribution in [2.24, 2.45) is 0 Å². The van der Waals surface area contributed by atoms with E-state index in [1.165, 1.54) is 0 Å². The smallest absolute Gasteiger partial charge is 0.139 e. The molecule has 1 aromatic rings. The Labute approximate surface area is 78.7 Å². The first-order chi connectivity index (χ1) is 6.16. The molecule has 0 bridgehead atoms. The second-order valence-electron chi connectivity index (χ2n) is 3.12. The molecule has 4 heteroatoms. The second-order valence-corrected chi connectivity index (χ2v) is 3.12. The minimum Gasteiger partial charge on any atom is -0.396 e. The van der Waals surface area contributed by atoms with Crippen molar-refractivity contribution in [1.82, 2.24) is 9.78 Å². The SMILES string of the molecule is CCCOCn1nc(C)c(N)c1C. The van der Waals surface area contributed by atoms with Gasteiger partial charge in [0.05, 0.1) is 17.1 Å². The second kappa shape index (κ2) is 4.28. The zero-order valence-corrected chi connectivity index (χ0v) is 8.50. The van der Waals surface area contributed by atoms with Crippen LogP contribution in [-0.4, -0.2) is 16.4 Å². The van der Waals surface area contributed by atoms with Gasteiger partial charge in [0.2, 0.25) is 0 Å². The van der Waals surface area contributed by atoms with Crippen molar-refractivity contribution in [3.05, 3.63) is 11.4 Å². The maximum atomic E-state index is 5.77. The minimum absolute atomic E-state index is 0.498. The summed E-state index contributed by atoms with van der Waals surface area (Å²) in [5.74, 6) is 0. The van der Waals surface area contributed by atoms with Gasteiger partial charge in [-0.3, -0.25) is 0 Å². The van der Waals surface area contributed by atoms with Crippen molar-refractivity contribution in [3.8, 4) is 0 Å². The highest BCUT2D eigenvalue weighted by Gasteiger charge is 2.06. The van der Waals surface area contributed by atoms with Gasteiger partial charge in [0.25, 0.3) is 0 Å². The van der Waals surface area contributed by atoms with Crippen LogP contribution in [0.25, 0.3) is 0 Å². The van der Waals surface area contributed by atoms with E-state index in [4.69, 9.17) is 10.5 Å². The van der Waals surface area contributed by atoms with Gasteiger partial charge < -0.3 is 10.5 Å². The molecule has 0 aliphatic heterocycles. The summed E-state index contributed by atoms with van der Waals surface area (Å²) in [4.78, 5) is 0. The summed E-state index contributed by atoms with van der Waals surface area (Å²) in [6.45, 7) is 7.19. The van der Waals surface area contributed by atoms with Crippen LogP contribution in [0.3, 0.4) is 0 Å². The lowest BCUT2D eigenvalue weighted by Crippen LogP contribution is -2.07. The first kappa shape index (κ1) is 10.1. The van der Waals surface area contributed by atoms with E-state index in [0.29, 0.717) is 6.73 Å². The van der Waals surface area contributed by atoms with Crippen LogP contribution in [0.2, 0.25) is 0 Å². The molecule has 2 N–H and O–H groups in total. The average molecular weight is 183 g/mol. The first-order valence-electron chi connectivity index (χ1n) is 4.54. The van der Waals surface area contributed by atoms with E-state index in [1.54, 1.807) is 4.68 Å². The van der Waals surface area contributed by atoms with Gasteiger partial charge in [0.15, 0.2) is 0 Å². The number of nitrogen functional groups attached to an aromatic ring is 1. The molecular formula is C9H17N3O. The maximum absolute atomic E-state index is 5.77. The van der Waals surface area contributed by atoms with Crippen LogP contribution >= 0.6 is 0 Å². The van der Waals surface area contributed by atoms with Gasteiger partial charge in [-0.2, -0.15) is 5.10 Å². The number of rotatable bonds is 4. The molecule has 0 amide bonds. The standard InChI is InChI=1S/C9H17N3O/c1-4-5-13-6-12-8(3)9(10)7(2)11-12/h4-6,10H2,1-3H3. The number of nitrogens with zero attached hydrogens (tertiary/aromatic N) is 2. The lowest BCUT2D eigenvalue weighted by molar-refractivity contribution is 0.0678. The Morgan fingerprint density at radius 1 is 1.46 bits per heavy atom. The van der Waals surface area contributed by atoms with E-state index in [0.717, 1.165) is 30.1 Å². The van der Waals surface area contributed by atoms with Crippen molar-refractivity contribution in [2.45, 2.75) is 33.9 Å². The topological polar surface area (TPSA) is 53.1 Å². The Morgan fingerprint density at radius 3 is 2.62 bits per heavy atom. The summed E-state index contributed by atoms with van der Waals surface area (Å²) in [6.07, 6.45) is 1.02. The fraction of sp³-hybridized carbons (Fsp3) is 0.667. The van der Waals surface area contributed by atoms with Crippen molar-refractivity contribution in [2.75, 3.05) is 12.3 Å². The molecule has 74 valence electrons. The van der Waals surface area contributed by atoms with Crippen molar-refractivity contribution in [1.29, 1.82) is 0 Å². The van der Waals surface area contributed by atoms with E-state index in [-0.39, 0.29) is 0 Å². The van der Waals surface area contributed by atoms with Crippen LogP contribution < -0.4 is 5.73 Å². The number of ether oxygens (including phenoxy) is 1. The van der Waals surface area contributed by atoms with E-state index >= 15 is 0 Å². The Balaban J connectivity index is 2.61. The summed E-state index contributed by atoms with van der Waals surface area (Å²) in [5, 5.41) is 4.25. The number of aryl methyl sites for hydroxylation is 1. The molecule has 0 aliphatic carbocycles. The molecule has 13 heavy (non-hydrogen) atoms. The lowest BCUT2D eigenvalue weighted by Gasteiger charge is -2.04. The number of anilines is 1. The summed E-state index contributed by atoms with van der Waals surface area (Å²) in [6, 6.07) is 0. The van der Waals surface area contributed by atoms with Gasteiger partial charge in [-0.15, -0.1) is 0 Å². The third kappa shape index (κ3) is 2.21. The van der Waals surface area contributed by atoms with Crippen LogP contribution in [-0.2, 0) is 11.5 Å². The quantitative estimate of drug-likeness (QED) is 0.719. The number of hydrogen-bond donors (Lipinski definition) is 1. The highest BCUT2D eigenvalue weighted by atomic mass is 16.5. The fourth-order valence-corrected chi connectivity index (χ4v) is 1.13. The molecular weight excluding hydrogens is 166 g/mol. The van der Waals surface area contributed by atoms with Gasteiger partial charge in [-0.1, -0.05) is 6.92 Å². The van der Waals surface area contributed by atoms with E-state index in [1.807, 2.05) is 13.8 Å². The van der Waals surface area contributed by atoms with Gasteiger partial charge in [-0.25, -0.2) is 4.68 Å². The summed E-state index contributed by atoms with van der Waals surface area (Å²) in [5.41, 5.74) is 8.38. The minimum atomic E-state index is 0.498. The lowest BCUT2D eigenvalue weighted by atomic mass is 10.3. The van der Waals surface area contributed by atoms with Crippen molar-refractivity contribution >= 4 is 5.69 Å². The zero-order chi connectivity index (χ0) is 9.84. The van der Waals surface area contributed by atoms with Gasteiger partial charge in [-0.05, 0) is 20.3 Å². The van der Waals surface area contributed by atoms with Crippen molar-refractivity contribution < 1.29 is 4.74 Å². The fourth-order valence-electron chi connectivity index (χ4n) is 1.13. The van der Waals surface area contributed by atoms with Crippen LogP contribution in [0.4, 0.5) is 5.69 Å². The van der Waals surface area contributed by atoms with Gasteiger partial charge >= 0.3 is 0 Å². The predicted octanol–water partition coefficient (Wildman–Crippen LogP) is 1.47. The van der Waals surface area contributed by atoms with Crippen LogP contribution in [0.5, 0.6) is 0 Å². The normalized spacial score (nSPS) is 10.7. The molecule has 0 aromatic carbocycles. The number of hydrogen-bond acceptors (Lipinski definition) is 3. The van der Waals surface area contributed by atoms with E-state index in [2.05, 4.69) is 12.0 Å². The molecule has 0 spiro atoms. The largest absolute Gasteiger partial charge is 0.396 e. The number of aromatic nitrogens is 2. The zero-order valence-electron chi connectivity index (χ0n) is 8.50. The van der Waals surface area contributed by atoms with Crippen LogP contribution in [0.1, 0.15) is 24.7 Å². The molecule has 0 fully saturated rings. The Kier molecular flexibility index (Phi) is 3.31. The monoisotopic (exact) mass is 183 g/mol. The summed E-state index contributed by atoms with van der Waals surface area (Å²) < 4.78 is 7.15. The Morgan fingerprint density at radius 2 is 2.15 bits per heavy atom. The molecule has 1 rings (SSSR count). The predicted molar refractivity (Wildman–Crippen MR) is 52.4 cm³/mol. The molecule has 0 unspecified atom stereocenters. The van der Waals surface area contributed by atoms with E-state index < -0.39 is 0 Å². The molecule has 0 atom stereocenters. The van der Waals surface area contributed by atoms with Gasteiger partial charge in [0.1, 0.15) is 6.73 Å². The molecule has 0 saturated carbocycles. The highest BCUT2D eigenvalue weighted by Crippen LogP contribution is 2.14. The summed E-state index contributed by atoms with van der Waals surface area (Å²) >= 11 is 0. The third-order valence-corrected chi connectivity index (χ3v) is 2.00. The number of nitrogens with two attached hydrogens (primary N) is 1. The molecule has 4 nitrogen and oxygen atoms in total. The van der Waals surface area contributed by atoms with Crippen LogP contribution in [0.15, 0.2) is 0 Å². The molecule has 0 saturated heterocycles. The molecule has 1 aromatic heterocycles. The maximum Gasteiger partial charge on any atom is 0.139 e. The Bertz CT molecular complexity index is 281. The van der Waals surface area contributed by atoms with Crippen LogP contribution in [0, 0.1) is 13.8 Å². The third-order valence-electron chi connectivity index (χ3n) is 2.00. The van der Waals surface area contributed by atoms with Gasteiger partial charge in [0, 0.05) is 6.61 Å². The molecule has 0 radical (unpaired) electrons. The van der Waals surface area contributed by atoms with E-state index in [9.17, 15) is 0 Å². The molecule has 1 heterocycles. The highest BCUT2D eigenvalue weighted by molar-refractivity contribution is 5.46. The Hall–Kier alpha value is -1.03. The molecule has 0 aliphatic rings. The van der Waals surface area contributed by atoms with Crippen molar-refractivity contribution in [3.63, 3.8) is 0 Å². The summed E-state index contributed by atoms with van der Waals surface area (Å²) in [7, 11) is 0. The average Bonchev–Trinajstić information content (AvgIpc) is 2.34.